The van der Waals surface area contributed by atoms with Crippen molar-refractivity contribution in [1.29, 1.82) is 0 Å². The fraction of sp³-hybridized carbons (Fsp3) is 0.227. The lowest BCUT2D eigenvalue weighted by Crippen LogP contribution is -2.15. The Morgan fingerprint density at radius 2 is 2.06 bits per heavy atom. The van der Waals surface area contributed by atoms with Crippen molar-refractivity contribution in [3.05, 3.63) is 60.0 Å². The van der Waals surface area contributed by atoms with E-state index in [1.54, 1.807) is 16.8 Å². The maximum absolute atomic E-state index is 13.0. The number of fused-ring (bicyclic) bond motifs is 1. The summed E-state index contributed by atoms with van der Waals surface area (Å²) in [5, 5.41) is 8.10. The summed E-state index contributed by atoms with van der Waals surface area (Å²) in [7, 11) is 0. The third-order valence-corrected chi connectivity index (χ3v) is 6.37. The van der Waals surface area contributed by atoms with Gasteiger partial charge in [-0.1, -0.05) is 17.4 Å². The number of carbonyl (C=O) groups excluding carboxylic acids is 1. The maximum atomic E-state index is 13.0. The molecule has 1 amide bonds. The average molecular weight is 457 g/mol. The normalized spacial score (nSPS) is 11.1. The number of aryl methyl sites for hydroxylation is 1. The largest absolute Gasteiger partial charge is 0.492 e. The van der Waals surface area contributed by atoms with Gasteiger partial charge in [0, 0.05) is 23.1 Å². The topological polar surface area (TPSA) is 69.0 Å². The van der Waals surface area contributed by atoms with Gasteiger partial charge in [0.05, 0.1) is 17.0 Å². The Morgan fingerprint density at radius 3 is 2.84 bits per heavy atom. The van der Waals surface area contributed by atoms with Crippen LogP contribution < -0.4 is 10.1 Å². The van der Waals surface area contributed by atoms with Crippen LogP contribution in [0, 0.1) is 12.7 Å². The zero-order chi connectivity index (χ0) is 21.8. The third kappa shape index (κ3) is 5.05. The van der Waals surface area contributed by atoms with Gasteiger partial charge in [-0.3, -0.25) is 4.79 Å². The zero-order valence-corrected chi connectivity index (χ0v) is 18.7. The van der Waals surface area contributed by atoms with Crippen molar-refractivity contribution in [3.63, 3.8) is 0 Å². The second kappa shape index (κ2) is 9.49. The number of amides is 1. The minimum atomic E-state index is -0.269. The maximum Gasteiger partial charge on any atom is 0.226 e. The zero-order valence-electron chi connectivity index (χ0n) is 17.1. The quantitative estimate of drug-likeness (QED) is 0.357. The summed E-state index contributed by atoms with van der Waals surface area (Å²) in [5.41, 5.74) is 1.56. The molecule has 0 aliphatic heterocycles. The summed E-state index contributed by atoms with van der Waals surface area (Å²) in [6.45, 7) is 4.37. The van der Waals surface area contributed by atoms with Crippen LogP contribution in [0.5, 0.6) is 5.75 Å². The molecule has 160 valence electrons. The first kappa shape index (κ1) is 21.3. The highest BCUT2D eigenvalue weighted by Crippen LogP contribution is 2.32. The number of hydrogen-bond acceptors (Lipinski definition) is 6. The van der Waals surface area contributed by atoms with Gasteiger partial charge in [-0.2, -0.15) is 9.78 Å². The molecule has 0 spiro atoms. The minimum absolute atomic E-state index is 0.119. The van der Waals surface area contributed by atoms with Crippen molar-refractivity contribution in [3.8, 4) is 10.9 Å². The van der Waals surface area contributed by atoms with Crippen LogP contribution >= 0.6 is 23.1 Å². The number of nitrogens with zero attached hydrogens (tertiary/aromatic N) is 3. The Labute approximate surface area is 187 Å². The molecular weight excluding hydrogens is 435 g/mol. The van der Waals surface area contributed by atoms with E-state index in [0.717, 1.165) is 26.6 Å². The number of carbonyl (C=O) groups is 1. The van der Waals surface area contributed by atoms with E-state index in [2.05, 4.69) is 10.4 Å². The lowest BCUT2D eigenvalue weighted by Gasteiger charge is -2.06. The van der Waals surface area contributed by atoms with E-state index >= 15 is 0 Å². The first-order valence-corrected chi connectivity index (χ1v) is 11.6. The molecule has 0 aliphatic rings. The number of hydrogen-bond donors (Lipinski definition) is 1. The van der Waals surface area contributed by atoms with Crippen molar-refractivity contribution < 1.29 is 13.9 Å². The van der Waals surface area contributed by atoms with Crippen LogP contribution in [0.3, 0.4) is 0 Å². The summed E-state index contributed by atoms with van der Waals surface area (Å²) < 4.78 is 21.3. The van der Waals surface area contributed by atoms with Gasteiger partial charge in [0.25, 0.3) is 0 Å². The summed E-state index contributed by atoms with van der Waals surface area (Å²) in [6.07, 6.45) is 0.320. The number of thiazole rings is 1. The Kier molecular flexibility index (Phi) is 6.53. The van der Waals surface area contributed by atoms with E-state index in [4.69, 9.17) is 9.72 Å². The summed E-state index contributed by atoms with van der Waals surface area (Å²) in [4.78, 5) is 18.1. The molecule has 0 bridgehead atoms. The molecule has 2 aromatic heterocycles. The van der Waals surface area contributed by atoms with Crippen LogP contribution in [0.4, 0.5) is 10.2 Å². The van der Waals surface area contributed by atoms with Gasteiger partial charge in [-0.05, 0) is 50.2 Å². The SMILES string of the molecule is CCOc1cccc2sc(-n3nc(C)cc3NC(=O)CCSc3ccc(F)cc3)nc12. The fourth-order valence-corrected chi connectivity index (χ4v) is 4.81. The molecule has 31 heavy (non-hydrogen) atoms. The van der Waals surface area contributed by atoms with Crippen molar-refractivity contribution in [2.75, 3.05) is 17.7 Å². The van der Waals surface area contributed by atoms with Crippen molar-refractivity contribution in [1.82, 2.24) is 14.8 Å². The van der Waals surface area contributed by atoms with Crippen LogP contribution in [-0.2, 0) is 4.79 Å². The predicted molar refractivity (Wildman–Crippen MR) is 123 cm³/mol. The van der Waals surface area contributed by atoms with Crippen molar-refractivity contribution >= 4 is 45.0 Å². The van der Waals surface area contributed by atoms with E-state index in [1.807, 2.05) is 38.1 Å². The van der Waals surface area contributed by atoms with E-state index in [9.17, 15) is 9.18 Å². The van der Waals surface area contributed by atoms with Gasteiger partial charge in [-0.15, -0.1) is 11.8 Å². The molecule has 4 rings (SSSR count). The fourth-order valence-electron chi connectivity index (χ4n) is 3.01. The number of ether oxygens (including phenoxy) is 1. The molecule has 0 radical (unpaired) electrons. The van der Waals surface area contributed by atoms with E-state index in [-0.39, 0.29) is 11.7 Å². The van der Waals surface area contributed by atoms with E-state index < -0.39 is 0 Å². The molecule has 2 heterocycles. The molecule has 0 saturated heterocycles. The Morgan fingerprint density at radius 1 is 1.26 bits per heavy atom. The van der Waals surface area contributed by atoms with Gasteiger partial charge in [0.1, 0.15) is 22.9 Å². The Hall–Kier alpha value is -2.91. The number of thioether (sulfide) groups is 1. The summed E-state index contributed by atoms with van der Waals surface area (Å²) in [6, 6.07) is 13.9. The van der Waals surface area contributed by atoms with Gasteiger partial charge >= 0.3 is 0 Å². The number of nitrogens with one attached hydrogen (secondary N) is 1. The summed E-state index contributed by atoms with van der Waals surface area (Å²) >= 11 is 2.99. The van der Waals surface area contributed by atoms with Crippen molar-refractivity contribution in [2.45, 2.75) is 25.2 Å². The van der Waals surface area contributed by atoms with Crippen LogP contribution in [0.1, 0.15) is 19.0 Å². The molecule has 6 nitrogen and oxygen atoms in total. The second-order valence-corrected chi connectivity index (χ2v) is 8.89. The smallest absolute Gasteiger partial charge is 0.226 e. The predicted octanol–water partition coefficient (Wildman–Crippen LogP) is 5.45. The lowest BCUT2D eigenvalue weighted by atomic mass is 10.3. The molecule has 0 saturated carbocycles. The Bertz CT molecular complexity index is 1200. The Balaban J connectivity index is 1.47. The van der Waals surface area contributed by atoms with Gasteiger partial charge in [-0.25, -0.2) is 9.37 Å². The molecule has 1 N–H and O–H groups in total. The first-order chi connectivity index (χ1) is 15.0. The standard InChI is InChI=1S/C22H21FN4O2S2/c1-3-29-17-5-4-6-18-21(17)25-22(31-18)27-19(13-14(2)26-27)24-20(28)11-12-30-16-9-7-15(23)8-10-16/h4-10,13H,3,11-12H2,1-2H3,(H,24,28). The molecule has 0 unspecified atom stereocenters. The molecular formula is C22H21FN4O2S2. The van der Waals surface area contributed by atoms with Crippen LogP contribution in [0.25, 0.3) is 15.3 Å². The average Bonchev–Trinajstić information content (AvgIpc) is 3.33. The highest BCUT2D eigenvalue weighted by Gasteiger charge is 2.16. The molecule has 4 aromatic rings. The minimum Gasteiger partial charge on any atom is -0.492 e. The second-order valence-electron chi connectivity index (χ2n) is 6.72. The number of aromatic nitrogens is 3. The molecule has 0 fully saturated rings. The van der Waals surface area contributed by atoms with Gasteiger partial charge < -0.3 is 10.1 Å². The highest BCUT2D eigenvalue weighted by molar-refractivity contribution is 7.99. The first-order valence-electron chi connectivity index (χ1n) is 9.81. The van der Waals surface area contributed by atoms with E-state index in [1.165, 1.54) is 35.2 Å². The monoisotopic (exact) mass is 456 g/mol. The van der Waals surface area contributed by atoms with Crippen molar-refractivity contribution in [2.24, 2.45) is 0 Å². The molecule has 0 aliphatic carbocycles. The lowest BCUT2D eigenvalue weighted by molar-refractivity contribution is -0.115. The number of benzene rings is 2. The van der Waals surface area contributed by atoms with Gasteiger partial charge in [0.2, 0.25) is 11.0 Å². The van der Waals surface area contributed by atoms with Crippen LogP contribution in [0.2, 0.25) is 0 Å². The van der Waals surface area contributed by atoms with Crippen LogP contribution in [0.15, 0.2) is 53.4 Å². The summed E-state index contributed by atoms with van der Waals surface area (Å²) in [5.74, 6) is 1.51. The van der Waals surface area contributed by atoms with Crippen LogP contribution in [-0.4, -0.2) is 33.0 Å². The third-order valence-electron chi connectivity index (χ3n) is 4.36. The highest BCUT2D eigenvalue weighted by atomic mass is 32.2. The van der Waals surface area contributed by atoms with E-state index in [0.29, 0.717) is 29.7 Å². The number of para-hydroxylation sites is 1. The number of anilines is 1. The van der Waals surface area contributed by atoms with Gasteiger partial charge in [0.15, 0.2) is 0 Å². The number of rotatable bonds is 8. The molecule has 0 atom stereocenters. The number of halogens is 1. The molecule has 9 heteroatoms. The molecule has 2 aromatic carbocycles.